The SMILES string of the molecule is Cc1ccc(S(=O)(=O)OOC(=O)CCC(=O)O)cc1. The van der Waals surface area contributed by atoms with Gasteiger partial charge in [0.2, 0.25) is 0 Å². The van der Waals surface area contributed by atoms with Crippen molar-refractivity contribution in [2.75, 3.05) is 0 Å². The molecule has 0 aliphatic rings. The number of carbonyl (C=O) groups excluding carboxylic acids is 1. The molecule has 1 aromatic rings. The molecule has 0 aliphatic heterocycles. The van der Waals surface area contributed by atoms with Crippen molar-refractivity contribution in [1.82, 2.24) is 0 Å². The molecule has 1 N–H and O–H groups in total. The minimum Gasteiger partial charge on any atom is -0.481 e. The lowest BCUT2D eigenvalue weighted by Crippen LogP contribution is -2.13. The van der Waals surface area contributed by atoms with Crippen molar-refractivity contribution in [1.29, 1.82) is 0 Å². The summed E-state index contributed by atoms with van der Waals surface area (Å²) in [5, 5.41) is 8.33. The maximum Gasteiger partial charge on any atom is 0.344 e. The Morgan fingerprint density at radius 2 is 1.74 bits per heavy atom. The summed E-state index contributed by atoms with van der Waals surface area (Å²) in [6, 6.07) is 5.72. The second kappa shape index (κ2) is 6.30. The predicted molar refractivity (Wildman–Crippen MR) is 62.4 cm³/mol. The predicted octanol–water partition coefficient (Wildman–Crippen LogP) is 1.02. The molecule has 1 aromatic carbocycles. The highest BCUT2D eigenvalue weighted by Crippen LogP contribution is 2.13. The fourth-order valence-corrected chi connectivity index (χ4v) is 1.79. The van der Waals surface area contributed by atoms with Crippen molar-refractivity contribution in [2.24, 2.45) is 0 Å². The fraction of sp³-hybridized carbons (Fsp3) is 0.273. The lowest BCUT2D eigenvalue weighted by atomic mass is 10.2. The summed E-state index contributed by atoms with van der Waals surface area (Å²) < 4.78 is 27.2. The standard InChI is InChI=1S/C11H12O7S/c1-8-2-4-9(5-3-8)19(15,16)18-17-11(14)7-6-10(12)13/h2-5H,6-7H2,1H3,(H,12,13). The van der Waals surface area contributed by atoms with Crippen LogP contribution in [0, 0.1) is 6.92 Å². The zero-order valence-corrected chi connectivity index (χ0v) is 10.8. The third-order valence-electron chi connectivity index (χ3n) is 2.07. The molecule has 0 saturated carbocycles. The van der Waals surface area contributed by atoms with Gasteiger partial charge in [-0.25, -0.2) is 4.79 Å². The van der Waals surface area contributed by atoms with Gasteiger partial charge in [-0.3, -0.25) is 9.68 Å². The van der Waals surface area contributed by atoms with Gasteiger partial charge < -0.3 is 5.11 Å². The topological polar surface area (TPSA) is 107 Å². The molecule has 8 heteroatoms. The number of aliphatic carboxylic acids is 1. The van der Waals surface area contributed by atoms with Crippen LogP contribution in [0.25, 0.3) is 0 Å². The van der Waals surface area contributed by atoms with Crippen LogP contribution in [0.15, 0.2) is 29.2 Å². The van der Waals surface area contributed by atoms with E-state index >= 15 is 0 Å². The van der Waals surface area contributed by atoms with Crippen LogP contribution in [-0.2, 0) is 28.9 Å². The van der Waals surface area contributed by atoms with E-state index < -0.39 is 34.9 Å². The van der Waals surface area contributed by atoms with Crippen LogP contribution in [0.2, 0.25) is 0 Å². The van der Waals surface area contributed by atoms with E-state index in [1.807, 2.05) is 0 Å². The summed E-state index contributed by atoms with van der Waals surface area (Å²) in [5.41, 5.74) is 0.859. The Labute approximate surface area is 109 Å². The smallest absolute Gasteiger partial charge is 0.344 e. The lowest BCUT2D eigenvalue weighted by molar-refractivity contribution is -0.211. The van der Waals surface area contributed by atoms with Crippen LogP contribution >= 0.6 is 0 Å². The second-order valence-corrected chi connectivity index (χ2v) is 5.20. The third-order valence-corrected chi connectivity index (χ3v) is 3.17. The number of rotatable bonds is 6. The highest BCUT2D eigenvalue weighted by Gasteiger charge is 2.19. The van der Waals surface area contributed by atoms with Gasteiger partial charge in [-0.05, 0) is 23.4 Å². The molecule has 0 amide bonds. The van der Waals surface area contributed by atoms with Crippen molar-refractivity contribution in [3.8, 4) is 0 Å². The molecule has 0 fully saturated rings. The summed E-state index contributed by atoms with van der Waals surface area (Å²) in [6.45, 7) is 1.78. The van der Waals surface area contributed by atoms with Gasteiger partial charge in [0.25, 0.3) is 0 Å². The number of aryl methyl sites for hydroxylation is 1. The van der Waals surface area contributed by atoms with E-state index in [1.165, 1.54) is 12.1 Å². The molecule has 0 heterocycles. The number of carboxylic acid groups (broad SMARTS) is 1. The van der Waals surface area contributed by atoms with E-state index in [0.29, 0.717) is 0 Å². The molecule has 104 valence electrons. The van der Waals surface area contributed by atoms with Crippen molar-refractivity contribution in [3.63, 3.8) is 0 Å². The van der Waals surface area contributed by atoms with E-state index in [9.17, 15) is 18.0 Å². The average Bonchev–Trinajstić information content (AvgIpc) is 2.34. The summed E-state index contributed by atoms with van der Waals surface area (Å²) in [6.07, 6.45) is -0.939. The number of hydrogen-bond acceptors (Lipinski definition) is 6. The van der Waals surface area contributed by atoms with Crippen LogP contribution in [-0.4, -0.2) is 25.5 Å². The van der Waals surface area contributed by atoms with E-state index in [1.54, 1.807) is 19.1 Å². The van der Waals surface area contributed by atoms with Crippen LogP contribution in [0.5, 0.6) is 0 Å². The maximum absolute atomic E-state index is 11.6. The summed E-state index contributed by atoms with van der Waals surface area (Å²) >= 11 is 0. The zero-order valence-electron chi connectivity index (χ0n) is 10.0. The number of hydrogen-bond donors (Lipinski definition) is 1. The minimum absolute atomic E-state index is 0.163. The molecule has 7 nitrogen and oxygen atoms in total. The Balaban J connectivity index is 2.58. The van der Waals surface area contributed by atoms with Gasteiger partial charge >= 0.3 is 22.1 Å². The molecule has 1 rings (SSSR count). The Morgan fingerprint density at radius 3 is 2.26 bits per heavy atom. The van der Waals surface area contributed by atoms with E-state index in [4.69, 9.17) is 5.11 Å². The van der Waals surface area contributed by atoms with Crippen molar-refractivity contribution in [3.05, 3.63) is 29.8 Å². The number of carbonyl (C=O) groups is 2. The Bertz CT molecular complexity index is 559. The van der Waals surface area contributed by atoms with E-state index in [0.717, 1.165) is 5.56 Å². The molecule has 0 saturated heterocycles. The first-order valence-electron chi connectivity index (χ1n) is 5.24. The summed E-state index contributed by atoms with van der Waals surface area (Å²) in [4.78, 5) is 25.1. The van der Waals surface area contributed by atoms with Crippen LogP contribution < -0.4 is 0 Å². The first kappa shape index (κ1) is 15.1. The van der Waals surface area contributed by atoms with Gasteiger partial charge in [0.15, 0.2) is 0 Å². The van der Waals surface area contributed by atoms with Crippen molar-refractivity contribution < 1.29 is 32.3 Å². The molecule has 0 spiro atoms. The van der Waals surface area contributed by atoms with E-state index in [-0.39, 0.29) is 4.90 Å². The lowest BCUT2D eigenvalue weighted by Gasteiger charge is -2.04. The Kier molecular flexibility index (Phi) is 5.02. The second-order valence-electron chi connectivity index (χ2n) is 3.68. The Morgan fingerprint density at radius 1 is 1.16 bits per heavy atom. The van der Waals surface area contributed by atoms with Crippen molar-refractivity contribution >= 4 is 22.1 Å². The van der Waals surface area contributed by atoms with Crippen molar-refractivity contribution in [2.45, 2.75) is 24.7 Å². The minimum atomic E-state index is -4.20. The normalized spacial score (nSPS) is 11.0. The molecule has 0 radical (unpaired) electrons. The summed E-state index contributed by atoms with van der Waals surface area (Å²) in [5.74, 6) is -2.27. The molecule has 0 aliphatic carbocycles. The van der Waals surface area contributed by atoms with Crippen LogP contribution in [0.3, 0.4) is 0 Å². The number of carboxylic acids is 1. The molecule has 19 heavy (non-hydrogen) atoms. The van der Waals surface area contributed by atoms with Gasteiger partial charge in [0.1, 0.15) is 0 Å². The quantitative estimate of drug-likeness (QED) is 0.615. The third kappa shape index (κ3) is 5.06. The molecule has 0 unspecified atom stereocenters. The molecule has 0 aromatic heterocycles. The first-order valence-corrected chi connectivity index (χ1v) is 6.64. The average molecular weight is 288 g/mol. The molecular weight excluding hydrogens is 276 g/mol. The maximum atomic E-state index is 11.6. The molecular formula is C11H12O7S. The Hall–Kier alpha value is -1.93. The summed E-state index contributed by atoms with van der Waals surface area (Å²) in [7, 11) is -4.20. The first-order chi connectivity index (χ1) is 8.81. The van der Waals surface area contributed by atoms with Gasteiger partial charge in [0.05, 0.1) is 17.7 Å². The van der Waals surface area contributed by atoms with Gasteiger partial charge in [-0.15, -0.1) is 0 Å². The highest BCUT2D eigenvalue weighted by atomic mass is 32.2. The molecule has 0 bridgehead atoms. The van der Waals surface area contributed by atoms with Gasteiger partial charge in [-0.2, -0.15) is 8.42 Å². The fourth-order valence-electron chi connectivity index (χ4n) is 1.08. The largest absolute Gasteiger partial charge is 0.481 e. The molecule has 0 atom stereocenters. The highest BCUT2D eigenvalue weighted by molar-refractivity contribution is 7.86. The monoisotopic (exact) mass is 288 g/mol. The number of benzene rings is 1. The zero-order chi connectivity index (χ0) is 14.5. The van der Waals surface area contributed by atoms with Crippen LogP contribution in [0.4, 0.5) is 0 Å². The van der Waals surface area contributed by atoms with Crippen LogP contribution in [0.1, 0.15) is 18.4 Å². The van der Waals surface area contributed by atoms with E-state index in [2.05, 4.69) is 9.22 Å². The van der Waals surface area contributed by atoms with Gasteiger partial charge in [0, 0.05) is 0 Å². The van der Waals surface area contributed by atoms with Gasteiger partial charge in [-0.1, -0.05) is 17.7 Å².